The van der Waals surface area contributed by atoms with E-state index in [9.17, 15) is 18.0 Å². The predicted octanol–water partition coefficient (Wildman–Crippen LogP) is 2.66. The Morgan fingerprint density at radius 2 is 1.79 bits per heavy atom. The largest absolute Gasteiger partial charge is 0.480 e. The van der Waals surface area contributed by atoms with Crippen LogP contribution in [0.2, 0.25) is 0 Å². The molecule has 19 heavy (non-hydrogen) atoms. The van der Waals surface area contributed by atoms with Crippen molar-refractivity contribution >= 4 is 5.97 Å². The Bertz CT molecular complexity index is 469. The highest BCUT2D eigenvalue weighted by atomic mass is 19.4. The maximum atomic E-state index is 12.7. The van der Waals surface area contributed by atoms with E-state index in [0.29, 0.717) is 5.56 Å². The molecule has 1 aromatic rings. The van der Waals surface area contributed by atoms with E-state index in [-0.39, 0.29) is 0 Å². The molecular weight excluding hydrogens is 259 g/mol. The van der Waals surface area contributed by atoms with Gasteiger partial charge < -0.3 is 10.4 Å². The molecule has 0 fully saturated rings. The lowest BCUT2D eigenvalue weighted by atomic mass is 9.77. The number of nitrogens with one attached hydrogen (secondary N) is 1. The molecule has 0 radical (unpaired) electrons. The van der Waals surface area contributed by atoms with Crippen LogP contribution in [0.25, 0.3) is 0 Å². The van der Waals surface area contributed by atoms with Crippen molar-refractivity contribution < 1.29 is 23.1 Å². The SMILES string of the molecule is CNC(C(=O)O)C(C)(C)c1cccc(C(F)(F)F)c1. The summed E-state index contributed by atoms with van der Waals surface area (Å²) < 4.78 is 38.0. The monoisotopic (exact) mass is 275 g/mol. The van der Waals surface area contributed by atoms with Crippen molar-refractivity contribution in [2.24, 2.45) is 0 Å². The number of hydrogen-bond acceptors (Lipinski definition) is 2. The zero-order valence-corrected chi connectivity index (χ0v) is 10.9. The molecular formula is C13H16F3NO2. The van der Waals surface area contributed by atoms with E-state index in [0.717, 1.165) is 12.1 Å². The smallest absolute Gasteiger partial charge is 0.416 e. The third kappa shape index (κ3) is 3.26. The average molecular weight is 275 g/mol. The minimum absolute atomic E-state index is 0.323. The van der Waals surface area contributed by atoms with Gasteiger partial charge in [0.2, 0.25) is 0 Å². The van der Waals surface area contributed by atoms with E-state index >= 15 is 0 Å². The lowest BCUT2D eigenvalue weighted by Crippen LogP contribution is -2.48. The topological polar surface area (TPSA) is 49.3 Å². The summed E-state index contributed by atoms with van der Waals surface area (Å²) in [6.45, 7) is 3.19. The average Bonchev–Trinajstić information content (AvgIpc) is 2.28. The summed E-state index contributed by atoms with van der Waals surface area (Å²) in [6.07, 6.45) is -4.44. The van der Waals surface area contributed by atoms with Gasteiger partial charge in [-0.15, -0.1) is 0 Å². The van der Waals surface area contributed by atoms with Crippen molar-refractivity contribution in [3.63, 3.8) is 0 Å². The zero-order chi connectivity index (χ0) is 14.8. The van der Waals surface area contributed by atoms with Gasteiger partial charge in [-0.25, -0.2) is 0 Å². The van der Waals surface area contributed by atoms with Gasteiger partial charge in [-0.1, -0.05) is 32.0 Å². The van der Waals surface area contributed by atoms with Crippen LogP contribution in [0.5, 0.6) is 0 Å². The summed E-state index contributed by atoms with van der Waals surface area (Å²) in [4.78, 5) is 11.1. The molecule has 1 atom stereocenters. The second-order valence-electron chi connectivity index (χ2n) is 4.86. The molecule has 106 valence electrons. The van der Waals surface area contributed by atoms with E-state index < -0.39 is 29.2 Å². The van der Waals surface area contributed by atoms with Crippen molar-refractivity contribution in [1.82, 2.24) is 5.32 Å². The molecule has 0 heterocycles. The van der Waals surface area contributed by atoms with Crippen LogP contribution in [0.4, 0.5) is 13.2 Å². The number of likely N-dealkylation sites (N-methyl/N-ethyl adjacent to an activating group) is 1. The molecule has 0 spiro atoms. The molecule has 1 unspecified atom stereocenters. The van der Waals surface area contributed by atoms with Gasteiger partial charge in [-0.05, 0) is 18.7 Å². The number of aliphatic carboxylic acids is 1. The minimum atomic E-state index is -4.44. The highest BCUT2D eigenvalue weighted by Crippen LogP contribution is 2.34. The third-order valence-electron chi connectivity index (χ3n) is 3.19. The maximum Gasteiger partial charge on any atom is 0.416 e. The Hall–Kier alpha value is -1.56. The summed E-state index contributed by atoms with van der Waals surface area (Å²) in [5, 5.41) is 11.7. The number of halogens is 3. The highest BCUT2D eigenvalue weighted by Gasteiger charge is 2.37. The summed E-state index contributed by atoms with van der Waals surface area (Å²) in [7, 11) is 1.47. The van der Waals surface area contributed by atoms with E-state index in [1.54, 1.807) is 13.8 Å². The Morgan fingerprint density at radius 3 is 2.21 bits per heavy atom. The second-order valence-corrected chi connectivity index (χ2v) is 4.86. The predicted molar refractivity (Wildman–Crippen MR) is 65.0 cm³/mol. The van der Waals surface area contributed by atoms with Crippen LogP contribution >= 0.6 is 0 Å². The van der Waals surface area contributed by atoms with Crippen molar-refractivity contribution in [2.75, 3.05) is 7.05 Å². The van der Waals surface area contributed by atoms with Gasteiger partial charge in [-0.2, -0.15) is 13.2 Å². The molecule has 2 N–H and O–H groups in total. The highest BCUT2D eigenvalue weighted by molar-refractivity contribution is 5.76. The summed E-state index contributed by atoms with van der Waals surface area (Å²) in [5.74, 6) is -1.11. The Labute approximate surface area is 109 Å². The van der Waals surface area contributed by atoms with E-state index in [2.05, 4.69) is 5.32 Å². The van der Waals surface area contributed by atoms with E-state index in [1.165, 1.54) is 19.2 Å². The first-order valence-electron chi connectivity index (χ1n) is 5.68. The summed E-state index contributed by atoms with van der Waals surface area (Å²) >= 11 is 0. The minimum Gasteiger partial charge on any atom is -0.480 e. The molecule has 1 rings (SSSR count). The number of alkyl halides is 3. The van der Waals surface area contributed by atoms with Gasteiger partial charge in [-0.3, -0.25) is 4.79 Å². The van der Waals surface area contributed by atoms with Gasteiger partial charge in [0.1, 0.15) is 6.04 Å². The molecule has 0 saturated carbocycles. The van der Waals surface area contributed by atoms with Gasteiger partial charge in [0, 0.05) is 5.41 Å². The summed E-state index contributed by atoms with van der Waals surface area (Å²) in [5.41, 5.74) is -1.43. The molecule has 3 nitrogen and oxygen atoms in total. The first-order valence-corrected chi connectivity index (χ1v) is 5.68. The third-order valence-corrected chi connectivity index (χ3v) is 3.19. The van der Waals surface area contributed by atoms with Crippen molar-refractivity contribution in [3.8, 4) is 0 Å². The molecule has 0 aliphatic rings. The number of carboxylic acid groups (broad SMARTS) is 1. The molecule has 0 saturated heterocycles. The Morgan fingerprint density at radius 1 is 1.26 bits per heavy atom. The quantitative estimate of drug-likeness (QED) is 0.888. The maximum absolute atomic E-state index is 12.7. The Kier molecular flexibility index (Phi) is 4.25. The van der Waals surface area contributed by atoms with Gasteiger partial charge >= 0.3 is 12.1 Å². The van der Waals surface area contributed by atoms with Gasteiger partial charge in [0.25, 0.3) is 0 Å². The van der Waals surface area contributed by atoms with Gasteiger partial charge in [0.15, 0.2) is 0 Å². The number of rotatable bonds is 4. The lowest BCUT2D eigenvalue weighted by molar-refractivity contribution is -0.141. The fourth-order valence-corrected chi connectivity index (χ4v) is 2.06. The molecule has 1 aromatic carbocycles. The lowest BCUT2D eigenvalue weighted by Gasteiger charge is -2.32. The fraction of sp³-hybridized carbons (Fsp3) is 0.462. The van der Waals surface area contributed by atoms with Crippen molar-refractivity contribution in [2.45, 2.75) is 31.5 Å². The van der Waals surface area contributed by atoms with Crippen LogP contribution in [0.15, 0.2) is 24.3 Å². The van der Waals surface area contributed by atoms with Crippen LogP contribution < -0.4 is 5.32 Å². The van der Waals surface area contributed by atoms with Crippen LogP contribution in [0.3, 0.4) is 0 Å². The molecule has 0 aliphatic heterocycles. The first kappa shape index (κ1) is 15.5. The Balaban J connectivity index is 3.25. The number of benzene rings is 1. The van der Waals surface area contributed by atoms with Crippen molar-refractivity contribution in [1.29, 1.82) is 0 Å². The first-order chi connectivity index (χ1) is 8.60. The molecule has 0 aromatic heterocycles. The van der Waals surface area contributed by atoms with E-state index in [1.807, 2.05) is 0 Å². The van der Waals surface area contributed by atoms with Crippen LogP contribution in [-0.2, 0) is 16.4 Å². The second kappa shape index (κ2) is 5.21. The summed E-state index contributed by atoms with van der Waals surface area (Å²) in [6, 6.07) is 3.77. The van der Waals surface area contributed by atoms with Crippen LogP contribution in [0.1, 0.15) is 25.0 Å². The molecule has 0 amide bonds. The number of carbonyl (C=O) groups is 1. The fourth-order valence-electron chi connectivity index (χ4n) is 2.06. The molecule has 0 bridgehead atoms. The van der Waals surface area contributed by atoms with Crippen LogP contribution in [-0.4, -0.2) is 24.2 Å². The number of carboxylic acids is 1. The van der Waals surface area contributed by atoms with E-state index in [4.69, 9.17) is 5.11 Å². The van der Waals surface area contributed by atoms with Gasteiger partial charge in [0.05, 0.1) is 5.56 Å². The standard InChI is InChI=1S/C13H16F3NO2/c1-12(2,10(17-3)11(18)19)8-5-4-6-9(7-8)13(14,15)16/h4-7,10,17H,1-3H3,(H,18,19). The zero-order valence-electron chi connectivity index (χ0n) is 10.9. The van der Waals surface area contributed by atoms with Crippen molar-refractivity contribution in [3.05, 3.63) is 35.4 Å². The molecule has 0 aliphatic carbocycles. The normalized spacial score (nSPS) is 14.2. The van der Waals surface area contributed by atoms with Crippen LogP contribution in [0, 0.1) is 0 Å². The number of hydrogen-bond donors (Lipinski definition) is 2. The molecule has 6 heteroatoms.